The van der Waals surface area contributed by atoms with Gasteiger partial charge in [0.05, 0.1) is 12.7 Å². The zero-order valence-corrected chi connectivity index (χ0v) is 16.5. The topological polar surface area (TPSA) is 99.4 Å². The first-order valence-electron chi connectivity index (χ1n) is 9.29. The lowest BCUT2D eigenvalue weighted by Gasteiger charge is -2.12. The van der Waals surface area contributed by atoms with Crippen LogP contribution in [0.15, 0.2) is 66.9 Å². The lowest BCUT2D eigenvalue weighted by molar-refractivity contribution is 0.0600. The molecule has 0 fully saturated rings. The van der Waals surface area contributed by atoms with E-state index in [2.05, 4.69) is 15.3 Å². The van der Waals surface area contributed by atoms with Gasteiger partial charge in [0.15, 0.2) is 0 Å². The van der Waals surface area contributed by atoms with Gasteiger partial charge in [-0.15, -0.1) is 0 Å². The number of nitrogens with zero attached hydrogens (tertiary/aromatic N) is 2. The van der Waals surface area contributed by atoms with Gasteiger partial charge in [-0.05, 0) is 42.8 Å². The van der Waals surface area contributed by atoms with Crippen molar-refractivity contribution in [1.82, 2.24) is 9.97 Å². The van der Waals surface area contributed by atoms with Crippen LogP contribution in [0, 0.1) is 6.92 Å². The van der Waals surface area contributed by atoms with E-state index in [4.69, 9.17) is 15.2 Å². The van der Waals surface area contributed by atoms with E-state index in [1.54, 1.807) is 30.5 Å². The van der Waals surface area contributed by atoms with E-state index < -0.39 is 0 Å². The first-order chi connectivity index (χ1) is 14.5. The molecule has 1 aromatic heterocycles. The van der Waals surface area contributed by atoms with Gasteiger partial charge in [-0.3, -0.25) is 0 Å². The number of hydrogen-bond donors (Lipinski definition) is 2. The Kier molecular flexibility index (Phi) is 5.17. The summed E-state index contributed by atoms with van der Waals surface area (Å²) in [5.74, 6) is 1.04. The third-order valence-corrected chi connectivity index (χ3v) is 4.66. The number of aryl methyl sites for hydroxylation is 1. The summed E-state index contributed by atoms with van der Waals surface area (Å²) in [4.78, 5) is 20.4. The predicted molar refractivity (Wildman–Crippen MR) is 116 cm³/mol. The SMILES string of the molecule is COC(=O)c1ccc(Nc2nccc(Oc3ccc(N)c4ccccc34)n2)c(C)c1. The molecule has 0 aliphatic rings. The van der Waals surface area contributed by atoms with E-state index in [0.29, 0.717) is 28.8 Å². The van der Waals surface area contributed by atoms with Crippen LogP contribution in [0.25, 0.3) is 10.8 Å². The summed E-state index contributed by atoms with van der Waals surface area (Å²) in [6.07, 6.45) is 1.61. The first-order valence-corrected chi connectivity index (χ1v) is 9.29. The molecular formula is C23H20N4O3. The number of hydrogen-bond acceptors (Lipinski definition) is 7. The molecule has 3 aromatic carbocycles. The minimum Gasteiger partial charge on any atom is -0.465 e. The van der Waals surface area contributed by atoms with E-state index in [0.717, 1.165) is 22.0 Å². The molecule has 0 saturated carbocycles. The molecule has 150 valence electrons. The van der Waals surface area contributed by atoms with Gasteiger partial charge in [0.25, 0.3) is 0 Å². The number of esters is 1. The van der Waals surface area contributed by atoms with Gasteiger partial charge in [-0.1, -0.05) is 24.3 Å². The van der Waals surface area contributed by atoms with Crippen LogP contribution >= 0.6 is 0 Å². The van der Waals surface area contributed by atoms with Crippen LogP contribution in [-0.4, -0.2) is 23.0 Å². The number of ether oxygens (including phenoxy) is 2. The fourth-order valence-electron chi connectivity index (χ4n) is 3.12. The van der Waals surface area contributed by atoms with E-state index in [1.165, 1.54) is 7.11 Å². The number of fused-ring (bicyclic) bond motifs is 1. The number of carbonyl (C=O) groups excluding carboxylic acids is 1. The van der Waals surface area contributed by atoms with Gasteiger partial charge in [-0.25, -0.2) is 9.78 Å². The maximum Gasteiger partial charge on any atom is 0.337 e. The molecule has 1 heterocycles. The molecule has 0 radical (unpaired) electrons. The molecular weight excluding hydrogens is 380 g/mol. The average molecular weight is 400 g/mol. The van der Waals surface area contributed by atoms with E-state index in [9.17, 15) is 4.79 Å². The highest BCUT2D eigenvalue weighted by Gasteiger charge is 2.10. The summed E-state index contributed by atoms with van der Waals surface area (Å²) in [5.41, 5.74) is 8.86. The standard InChI is InChI=1S/C23H20N4O3/c1-14-13-15(22(28)29-2)7-9-19(14)26-23-25-12-11-21(27-23)30-20-10-8-18(24)16-5-3-4-6-17(16)20/h3-13H,24H2,1-2H3,(H,25,26,27). The number of nitrogens with two attached hydrogens (primary N) is 1. The third-order valence-electron chi connectivity index (χ3n) is 4.66. The monoisotopic (exact) mass is 400 g/mol. The fraction of sp³-hybridized carbons (Fsp3) is 0.0870. The number of anilines is 3. The molecule has 30 heavy (non-hydrogen) atoms. The molecule has 0 aliphatic carbocycles. The highest BCUT2D eigenvalue weighted by molar-refractivity contribution is 5.97. The van der Waals surface area contributed by atoms with Gasteiger partial charge in [-0.2, -0.15) is 4.98 Å². The quantitative estimate of drug-likeness (QED) is 0.365. The molecule has 3 N–H and O–H groups in total. The number of nitrogens with one attached hydrogen (secondary N) is 1. The van der Waals surface area contributed by atoms with E-state index in [1.807, 2.05) is 43.3 Å². The molecule has 0 bridgehead atoms. The number of carbonyl (C=O) groups is 1. The second-order valence-corrected chi connectivity index (χ2v) is 6.67. The number of rotatable bonds is 5. The Hall–Kier alpha value is -4.13. The maximum absolute atomic E-state index is 11.7. The molecule has 0 amide bonds. The molecule has 7 heteroatoms. The summed E-state index contributed by atoms with van der Waals surface area (Å²) < 4.78 is 10.8. The number of methoxy groups -OCH3 is 1. The summed E-state index contributed by atoms with van der Waals surface area (Å²) in [7, 11) is 1.35. The van der Waals surface area contributed by atoms with Crippen molar-refractivity contribution in [2.75, 3.05) is 18.2 Å². The molecule has 4 aromatic rings. The molecule has 0 unspecified atom stereocenters. The Morgan fingerprint density at radius 2 is 1.83 bits per heavy atom. The van der Waals surface area contributed by atoms with Crippen LogP contribution in [0.4, 0.5) is 17.3 Å². The number of aromatic nitrogens is 2. The van der Waals surface area contributed by atoms with Crippen LogP contribution in [0.2, 0.25) is 0 Å². The van der Waals surface area contributed by atoms with E-state index in [-0.39, 0.29) is 5.97 Å². The lowest BCUT2D eigenvalue weighted by atomic mass is 10.1. The van der Waals surface area contributed by atoms with Crippen LogP contribution in [0.1, 0.15) is 15.9 Å². The third kappa shape index (κ3) is 3.86. The van der Waals surface area contributed by atoms with Crippen molar-refractivity contribution in [2.24, 2.45) is 0 Å². The van der Waals surface area contributed by atoms with Gasteiger partial charge in [0.2, 0.25) is 11.8 Å². The smallest absolute Gasteiger partial charge is 0.337 e. The summed E-state index contributed by atoms with van der Waals surface area (Å²) in [6, 6.07) is 18.3. The Balaban J connectivity index is 1.59. The summed E-state index contributed by atoms with van der Waals surface area (Å²) >= 11 is 0. The largest absolute Gasteiger partial charge is 0.465 e. The van der Waals surface area contributed by atoms with Crippen molar-refractivity contribution in [3.05, 3.63) is 78.0 Å². The van der Waals surface area contributed by atoms with Crippen molar-refractivity contribution in [3.8, 4) is 11.6 Å². The van der Waals surface area contributed by atoms with Crippen molar-refractivity contribution in [3.63, 3.8) is 0 Å². The number of nitrogen functional groups attached to an aromatic ring is 1. The zero-order chi connectivity index (χ0) is 21.1. The minimum atomic E-state index is -0.382. The van der Waals surface area contributed by atoms with Gasteiger partial charge in [0, 0.05) is 34.4 Å². The molecule has 4 rings (SSSR count). The van der Waals surface area contributed by atoms with Crippen molar-refractivity contribution >= 4 is 34.1 Å². The second kappa shape index (κ2) is 8.08. The van der Waals surface area contributed by atoms with Crippen molar-refractivity contribution < 1.29 is 14.3 Å². The molecule has 0 spiro atoms. The predicted octanol–water partition coefficient (Wildman–Crippen LogP) is 4.84. The van der Waals surface area contributed by atoms with Crippen molar-refractivity contribution in [1.29, 1.82) is 0 Å². The van der Waals surface area contributed by atoms with E-state index >= 15 is 0 Å². The normalized spacial score (nSPS) is 10.6. The van der Waals surface area contributed by atoms with Crippen LogP contribution in [0.3, 0.4) is 0 Å². The molecule has 0 saturated heterocycles. The van der Waals surface area contributed by atoms with Crippen LogP contribution in [0.5, 0.6) is 11.6 Å². The molecule has 0 aliphatic heterocycles. The molecule has 7 nitrogen and oxygen atoms in total. The highest BCUT2D eigenvalue weighted by atomic mass is 16.5. The Labute approximate surface area is 173 Å². The zero-order valence-electron chi connectivity index (χ0n) is 16.5. The van der Waals surface area contributed by atoms with Gasteiger partial charge in [0.1, 0.15) is 5.75 Å². The molecule has 0 atom stereocenters. The minimum absolute atomic E-state index is 0.376. The lowest BCUT2D eigenvalue weighted by Crippen LogP contribution is -2.04. The Morgan fingerprint density at radius 3 is 2.60 bits per heavy atom. The number of benzene rings is 3. The average Bonchev–Trinajstić information content (AvgIpc) is 2.77. The Bertz CT molecular complexity index is 1240. The maximum atomic E-state index is 11.7. The van der Waals surface area contributed by atoms with Crippen LogP contribution in [-0.2, 0) is 4.74 Å². The second-order valence-electron chi connectivity index (χ2n) is 6.67. The Morgan fingerprint density at radius 1 is 1.03 bits per heavy atom. The first kappa shape index (κ1) is 19.2. The fourth-order valence-corrected chi connectivity index (χ4v) is 3.12. The summed E-state index contributed by atoms with van der Waals surface area (Å²) in [6.45, 7) is 1.88. The highest BCUT2D eigenvalue weighted by Crippen LogP contribution is 2.32. The van der Waals surface area contributed by atoms with Gasteiger partial charge < -0.3 is 20.5 Å². The summed E-state index contributed by atoms with van der Waals surface area (Å²) in [5, 5.41) is 4.98. The van der Waals surface area contributed by atoms with Crippen LogP contribution < -0.4 is 15.8 Å². The van der Waals surface area contributed by atoms with Crippen molar-refractivity contribution in [2.45, 2.75) is 6.92 Å². The van der Waals surface area contributed by atoms with Gasteiger partial charge >= 0.3 is 5.97 Å².